The highest BCUT2D eigenvalue weighted by atomic mass is 19.1. The van der Waals surface area contributed by atoms with E-state index in [2.05, 4.69) is 18.7 Å². The van der Waals surface area contributed by atoms with E-state index < -0.39 is 52.7 Å². The van der Waals surface area contributed by atoms with Crippen molar-refractivity contribution >= 4 is 17.4 Å². The van der Waals surface area contributed by atoms with Crippen LogP contribution in [0.2, 0.25) is 0 Å². The lowest BCUT2D eigenvalue weighted by molar-refractivity contribution is -0.235. The van der Waals surface area contributed by atoms with Crippen LogP contribution in [-0.4, -0.2) is 81.2 Å². The molecule has 0 aromatic heterocycles. The second-order valence-electron chi connectivity index (χ2n) is 12.2. The molecule has 1 aromatic carbocycles. The number of Topliss-reactive ketones (excluding diaryl/α,β-unsaturated/α-hetero) is 1. The number of likely N-dealkylation sites (N-methyl/N-ethyl adjacent to an activating group) is 1. The van der Waals surface area contributed by atoms with Gasteiger partial charge in [-0.25, -0.2) is 4.39 Å². The van der Waals surface area contributed by atoms with Gasteiger partial charge in [0.1, 0.15) is 28.7 Å². The minimum absolute atomic E-state index is 0.0248. The van der Waals surface area contributed by atoms with E-state index in [0.29, 0.717) is 30.6 Å². The smallest absolute Gasteiger partial charge is 0.248 e. The zero-order valence-corrected chi connectivity index (χ0v) is 22.7. The van der Waals surface area contributed by atoms with Crippen molar-refractivity contribution in [1.82, 2.24) is 9.80 Å². The standard InChI is InChI=1S/C29H36FN3O6/c1-12-5-6-13(2)33(12)10-15-9-19(34)21-16(23(15)30)7-14-8-17-24(32(3)4)26(36)22(28(31)38)18-11-39-29(17,18)27(37)20(14)25(21)35/h9,12-14,17-18,24,34-36H,5-8,10-11H2,1-4H3,(H2,31,38)/t12?,13?,14-,17-,18?,24-,29+/m0/s1. The molecule has 2 saturated heterocycles. The van der Waals surface area contributed by atoms with E-state index in [0.717, 1.165) is 12.8 Å². The molecule has 0 bridgehead atoms. The van der Waals surface area contributed by atoms with Gasteiger partial charge in [-0.1, -0.05) is 0 Å². The predicted molar refractivity (Wildman–Crippen MR) is 140 cm³/mol. The number of aromatic hydroxyl groups is 1. The van der Waals surface area contributed by atoms with E-state index in [1.165, 1.54) is 6.07 Å². The molecule has 9 nitrogen and oxygen atoms in total. The molecule has 1 saturated carbocycles. The summed E-state index contributed by atoms with van der Waals surface area (Å²) in [6.45, 7) is 4.60. The maximum atomic E-state index is 16.1. The van der Waals surface area contributed by atoms with Gasteiger partial charge in [-0.3, -0.25) is 19.4 Å². The number of carbonyl (C=O) groups excluding carboxylic acids is 2. The summed E-state index contributed by atoms with van der Waals surface area (Å²) in [6, 6.07) is 1.22. The topological polar surface area (TPSA) is 137 Å². The fourth-order valence-electron chi connectivity index (χ4n) is 8.15. The van der Waals surface area contributed by atoms with Crippen LogP contribution < -0.4 is 5.73 Å². The Kier molecular flexibility index (Phi) is 5.91. The highest BCUT2D eigenvalue weighted by Gasteiger charge is 2.70. The van der Waals surface area contributed by atoms with Crippen LogP contribution in [0, 0.1) is 23.6 Å². The Labute approximate surface area is 226 Å². The van der Waals surface area contributed by atoms with Crippen LogP contribution in [0.4, 0.5) is 4.39 Å². The van der Waals surface area contributed by atoms with Crippen LogP contribution in [0.25, 0.3) is 5.76 Å². The summed E-state index contributed by atoms with van der Waals surface area (Å²) >= 11 is 0. The maximum absolute atomic E-state index is 16.1. The summed E-state index contributed by atoms with van der Waals surface area (Å²) in [6.07, 6.45) is 2.47. The van der Waals surface area contributed by atoms with E-state index in [9.17, 15) is 24.9 Å². The molecule has 210 valence electrons. The van der Waals surface area contributed by atoms with E-state index in [-0.39, 0.29) is 46.8 Å². The monoisotopic (exact) mass is 541 g/mol. The van der Waals surface area contributed by atoms with E-state index in [4.69, 9.17) is 10.5 Å². The van der Waals surface area contributed by atoms with Gasteiger partial charge >= 0.3 is 0 Å². The molecule has 5 aliphatic rings. The largest absolute Gasteiger partial charge is 0.510 e. The van der Waals surface area contributed by atoms with Gasteiger partial charge in [-0.05, 0) is 65.6 Å². The number of aliphatic hydroxyl groups is 2. The van der Waals surface area contributed by atoms with Gasteiger partial charge in [0.15, 0.2) is 5.78 Å². The predicted octanol–water partition coefficient (Wildman–Crippen LogP) is 2.56. The summed E-state index contributed by atoms with van der Waals surface area (Å²) in [7, 11) is 3.47. The van der Waals surface area contributed by atoms with Crippen molar-refractivity contribution in [2.45, 2.75) is 69.8 Å². The van der Waals surface area contributed by atoms with Crippen molar-refractivity contribution in [3.05, 3.63) is 45.5 Å². The van der Waals surface area contributed by atoms with Gasteiger partial charge < -0.3 is 25.8 Å². The van der Waals surface area contributed by atoms with Crippen molar-refractivity contribution in [3.8, 4) is 5.75 Å². The molecule has 6 rings (SSSR count). The number of primary amides is 1. The van der Waals surface area contributed by atoms with Crippen LogP contribution in [0.3, 0.4) is 0 Å². The minimum Gasteiger partial charge on any atom is -0.510 e. The molecule has 5 N–H and O–H groups in total. The van der Waals surface area contributed by atoms with Gasteiger partial charge in [0.05, 0.1) is 29.7 Å². The number of ketones is 1. The molecule has 3 unspecified atom stereocenters. The van der Waals surface area contributed by atoms with Crippen molar-refractivity contribution in [3.63, 3.8) is 0 Å². The fraction of sp³-hybridized carbons (Fsp3) is 0.586. The normalized spacial score (nSPS) is 35.9. The molecule has 39 heavy (non-hydrogen) atoms. The second kappa shape index (κ2) is 8.78. The number of fused-ring (bicyclic) bond motifs is 2. The Morgan fingerprint density at radius 3 is 2.46 bits per heavy atom. The molecule has 2 aliphatic heterocycles. The number of hydrogen-bond donors (Lipinski definition) is 4. The number of phenolic OH excluding ortho intramolecular Hbond substituents is 1. The zero-order chi connectivity index (χ0) is 28.1. The second-order valence-corrected chi connectivity index (χ2v) is 12.2. The van der Waals surface area contributed by atoms with E-state index in [1.807, 2.05) is 0 Å². The number of nitrogens with zero attached hydrogens (tertiary/aromatic N) is 2. The summed E-state index contributed by atoms with van der Waals surface area (Å²) in [5, 5.41) is 33.5. The number of nitrogens with two attached hydrogens (primary N) is 1. The third-order valence-corrected chi connectivity index (χ3v) is 10.1. The van der Waals surface area contributed by atoms with Crippen LogP contribution in [0.1, 0.15) is 49.8 Å². The molecule has 1 aromatic rings. The SMILES string of the molecule is CC1CCC(C)N1Cc1cc(O)c2c(c1F)C[C@H]1C[C@H]3[C@H](N(C)C)C(O)=C(C(N)=O)C4CO[C@@]43C(=O)C1=C2O. The Morgan fingerprint density at radius 2 is 1.90 bits per heavy atom. The number of amides is 1. The molecule has 1 amide bonds. The third kappa shape index (κ3) is 3.40. The van der Waals surface area contributed by atoms with Crippen molar-refractivity contribution < 1.29 is 34.0 Å². The summed E-state index contributed by atoms with van der Waals surface area (Å²) < 4.78 is 22.1. The third-order valence-electron chi connectivity index (χ3n) is 10.1. The molecule has 1 spiro atoms. The first-order chi connectivity index (χ1) is 18.4. The number of rotatable bonds is 4. The summed E-state index contributed by atoms with van der Waals surface area (Å²) in [4.78, 5) is 30.5. The van der Waals surface area contributed by atoms with E-state index in [1.54, 1.807) is 19.0 Å². The number of ether oxygens (including phenoxy) is 1. The molecule has 2 heterocycles. The number of hydrogen-bond acceptors (Lipinski definition) is 8. The number of benzene rings is 1. The van der Waals surface area contributed by atoms with Gasteiger partial charge in [0.25, 0.3) is 0 Å². The summed E-state index contributed by atoms with van der Waals surface area (Å²) in [5.41, 5.74) is 4.72. The Balaban J connectivity index is 1.45. The van der Waals surface area contributed by atoms with Gasteiger partial charge in [-0.2, -0.15) is 0 Å². The van der Waals surface area contributed by atoms with Crippen molar-refractivity contribution in [1.29, 1.82) is 0 Å². The van der Waals surface area contributed by atoms with Gasteiger partial charge in [-0.15, -0.1) is 0 Å². The summed E-state index contributed by atoms with van der Waals surface area (Å²) in [5.74, 6) is -4.51. The molecular weight excluding hydrogens is 505 g/mol. The number of halogens is 1. The lowest BCUT2D eigenvalue weighted by Gasteiger charge is -2.61. The Hall–Kier alpha value is -2.95. The molecule has 3 fully saturated rings. The first-order valence-corrected chi connectivity index (χ1v) is 13.7. The average Bonchev–Trinajstić information content (AvgIpc) is 3.15. The van der Waals surface area contributed by atoms with Crippen LogP contribution in [0.15, 0.2) is 23.0 Å². The average molecular weight is 542 g/mol. The highest BCUT2D eigenvalue weighted by molar-refractivity contribution is 6.11. The highest BCUT2D eigenvalue weighted by Crippen LogP contribution is 2.60. The Bertz CT molecular complexity index is 1340. The molecule has 7 atom stereocenters. The minimum atomic E-state index is -1.47. The number of likely N-dealkylation sites (tertiary alicyclic amines) is 1. The zero-order valence-electron chi connectivity index (χ0n) is 22.7. The first kappa shape index (κ1) is 26.3. The molecular formula is C29H36FN3O6. The maximum Gasteiger partial charge on any atom is 0.248 e. The van der Waals surface area contributed by atoms with Crippen LogP contribution >= 0.6 is 0 Å². The van der Waals surface area contributed by atoms with Gasteiger partial charge in [0, 0.05) is 41.2 Å². The Morgan fingerprint density at radius 1 is 1.23 bits per heavy atom. The molecule has 0 radical (unpaired) electrons. The van der Waals surface area contributed by atoms with Crippen LogP contribution in [0.5, 0.6) is 5.75 Å². The van der Waals surface area contributed by atoms with Crippen LogP contribution in [-0.2, 0) is 27.3 Å². The molecule has 10 heteroatoms. The first-order valence-electron chi connectivity index (χ1n) is 13.7. The van der Waals surface area contributed by atoms with Crippen molar-refractivity contribution in [2.75, 3.05) is 20.7 Å². The van der Waals surface area contributed by atoms with E-state index >= 15 is 4.39 Å². The fourth-order valence-corrected chi connectivity index (χ4v) is 8.15. The number of phenols is 1. The van der Waals surface area contributed by atoms with Gasteiger partial charge in [0.2, 0.25) is 5.91 Å². The molecule has 3 aliphatic carbocycles. The lowest BCUT2D eigenvalue weighted by Crippen LogP contribution is -2.73. The lowest BCUT2D eigenvalue weighted by atomic mass is 9.52. The number of carbonyl (C=O) groups is 2. The quantitative estimate of drug-likeness (QED) is 0.457. The van der Waals surface area contributed by atoms with Crippen molar-refractivity contribution in [2.24, 2.45) is 23.5 Å². The number of aliphatic hydroxyl groups excluding tert-OH is 2.